The van der Waals surface area contributed by atoms with E-state index >= 15 is 0 Å². The summed E-state index contributed by atoms with van der Waals surface area (Å²) in [5.41, 5.74) is 6.38. The number of anilines is 1. The maximum absolute atomic E-state index is 5.78. The van der Waals surface area contributed by atoms with Gasteiger partial charge in [0.2, 0.25) is 0 Å². The van der Waals surface area contributed by atoms with Crippen molar-refractivity contribution in [3.8, 4) is 0 Å². The minimum absolute atomic E-state index is 0.644. The first-order valence-electron chi connectivity index (χ1n) is 3.13. The molecule has 0 amide bonds. The minimum Gasteiger partial charge on any atom is -0.398 e. The van der Waals surface area contributed by atoms with Gasteiger partial charge in [-0.1, -0.05) is 20.4 Å². The third-order valence-corrected chi connectivity index (χ3v) is 4.23. The second-order valence-electron chi connectivity index (χ2n) is 2.36. The van der Waals surface area contributed by atoms with Crippen LogP contribution in [0.1, 0.15) is 0 Å². The predicted octanol–water partition coefficient (Wildman–Crippen LogP) is 1.50. The highest BCUT2D eigenvalue weighted by Crippen LogP contribution is 2.58. The third kappa shape index (κ3) is 2.24. The summed E-state index contributed by atoms with van der Waals surface area (Å²) in [5, 5.41) is 6.73. The molecule has 0 radical (unpaired) electrons. The topological polar surface area (TPSA) is 52.0 Å². The summed E-state index contributed by atoms with van der Waals surface area (Å²) in [6, 6.07) is 5.58. The summed E-state index contributed by atoms with van der Waals surface area (Å²) in [4.78, 5) is 0.821. The van der Waals surface area contributed by atoms with Gasteiger partial charge in [0.25, 0.3) is 0 Å². The van der Waals surface area contributed by atoms with Crippen molar-refractivity contribution in [1.82, 2.24) is 0 Å². The molecule has 4 N–H and O–H groups in total. The molecule has 0 bridgehead atoms. The Morgan fingerprint density at radius 1 is 1.33 bits per heavy atom. The van der Waals surface area contributed by atoms with Crippen LogP contribution in [0.3, 0.4) is 0 Å². The van der Waals surface area contributed by atoms with Crippen LogP contribution in [0.25, 0.3) is 0 Å². The van der Waals surface area contributed by atoms with Crippen molar-refractivity contribution in [2.75, 3.05) is 5.73 Å². The Kier molecular flexibility index (Phi) is 3.23. The molecule has 1 aromatic rings. The van der Waals surface area contributed by atoms with Crippen LogP contribution >= 0.6 is 40.8 Å². The monoisotopic (exact) mass is 238 g/mol. The number of thiol groups is 2. The molecule has 0 saturated heterocycles. The van der Waals surface area contributed by atoms with Crippen LogP contribution in [0.15, 0.2) is 23.1 Å². The summed E-state index contributed by atoms with van der Waals surface area (Å²) in [5.74, 6) is 0. The van der Waals surface area contributed by atoms with Crippen LogP contribution in [0.4, 0.5) is 5.69 Å². The van der Waals surface area contributed by atoms with Gasteiger partial charge < -0.3 is 5.73 Å². The quantitative estimate of drug-likeness (QED) is 0.259. The lowest BCUT2D eigenvalue weighted by Crippen LogP contribution is -2.09. The molecular weight excluding hydrogens is 227 g/mol. The van der Waals surface area contributed by atoms with E-state index in [1.54, 1.807) is 6.07 Å². The van der Waals surface area contributed by atoms with E-state index in [2.05, 4.69) is 32.6 Å². The van der Waals surface area contributed by atoms with Crippen molar-refractivity contribution in [2.45, 2.75) is 4.90 Å². The van der Waals surface area contributed by atoms with Gasteiger partial charge in [-0.25, -0.2) is 0 Å². The molecule has 0 aliphatic carbocycles. The molecule has 0 aliphatic rings. The minimum atomic E-state index is -1.82. The van der Waals surface area contributed by atoms with Crippen LogP contribution < -0.4 is 16.2 Å². The lowest BCUT2D eigenvalue weighted by Gasteiger charge is -2.25. The Balaban J connectivity index is 3.31. The average Bonchev–Trinajstić information content (AvgIpc) is 1.82. The van der Waals surface area contributed by atoms with Crippen molar-refractivity contribution in [1.29, 1.82) is 0 Å². The summed E-state index contributed by atoms with van der Waals surface area (Å²) in [6.07, 6.45) is 0. The fourth-order valence-electron chi connectivity index (χ4n) is 0.920. The van der Waals surface area contributed by atoms with E-state index < -0.39 is 8.28 Å². The van der Waals surface area contributed by atoms with E-state index in [0.29, 0.717) is 5.69 Å². The Morgan fingerprint density at radius 2 is 1.92 bits per heavy atom. The smallest absolute Gasteiger partial charge is 0.0508 e. The van der Waals surface area contributed by atoms with E-state index in [0.717, 1.165) is 10.2 Å². The standard InChI is InChI=1S/C6H11N2PS3/c7-4-2-1-3-5(9)6(4)12(8,10)11/h1-3,10-11H,7-9H2. The van der Waals surface area contributed by atoms with Gasteiger partial charge in [0.05, 0.1) is 4.90 Å². The van der Waals surface area contributed by atoms with E-state index in [9.17, 15) is 0 Å². The average molecular weight is 238 g/mol. The number of nitrogens with two attached hydrogens (primary N) is 2. The van der Waals surface area contributed by atoms with Crippen molar-refractivity contribution in [2.24, 2.45) is 5.14 Å². The zero-order valence-electron chi connectivity index (χ0n) is 6.27. The molecule has 0 spiro atoms. The molecule has 12 heavy (non-hydrogen) atoms. The number of hydrogen-bond acceptors (Lipinski definition) is 4. The summed E-state index contributed by atoms with van der Waals surface area (Å²) < 4.78 is 0. The molecule has 0 fully saturated rings. The van der Waals surface area contributed by atoms with Gasteiger partial charge in [0, 0.05) is 5.69 Å². The van der Waals surface area contributed by atoms with Gasteiger partial charge in [-0.15, -0.1) is 32.6 Å². The van der Waals surface area contributed by atoms with Crippen LogP contribution in [0.5, 0.6) is 0 Å². The molecular formula is C6H11N2PS3. The fraction of sp³-hybridized carbons (Fsp3) is 0. The SMILES string of the molecule is Nc1cccc(P)c1S(N)(S)S. The Hall–Kier alpha value is 0.460. The Bertz CT molecular complexity index is 277. The van der Waals surface area contributed by atoms with Gasteiger partial charge in [0.15, 0.2) is 0 Å². The lowest BCUT2D eigenvalue weighted by atomic mass is 10.3. The van der Waals surface area contributed by atoms with Gasteiger partial charge in [-0.05, 0) is 11.4 Å². The third-order valence-electron chi connectivity index (χ3n) is 1.38. The Labute approximate surface area is 85.7 Å². The molecule has 1 atom stereocenters. The molecule has 0 aliphatic heterocycles. The van der Waals surface area contributed by atoms with Gasteiger partial charge in [0.1, 0.15) is 0 Å². The number of benzene rings is 1. The van der Waals surface area contributed by atoms with Gasteiger partial charge in [-0.2, -0.15) is 0 Å². The highest BCUT2D eigenvalue weighted by molar-refractivity contribution is 9.17. The van der Waals surface area contributed by atoms with E-state index in [-0.39, 0.29) is 0 Å². The molecule has 0 heterocycles. The molecule has 0 saturated carbocycles. The van der Waals surface area contributed by atoms with Crippen molar-refractivity contribution >= 4 is 51.8 Å². The second-order valence-corrected chi connectivity index (χ2v) is 8.89. The molecule has 1 rings (SSSR count). The van der Waals surface area contributed by atoms with E-state index in [1.165, 1.54) is 0 Å². The number of hydrogen-bond donors (Lipinski definition) is 4. The van der Waals surface area contributed by atoms with Gasteiger partial charge in [-0.3, -0.25) is 5.14 Å². The summed E-state index contributed by atoms with van der Waals surface area (Å²) >= 11 is 8.43. The first-order valence-corrected chi connectivity index (χ1v) is 7.50. The summed E-state index contributed by atoms with van der Waals surface area (Å²) in [7, 11) is 0.750. The Morgan fingerprint density at radius 3 is 2.25 bits per heavy atom. The normalized spacial score (nSPS) is 13.0. The lowest BCUT2D eigenvalue weighted by molar-refractivity contribution is 1.51. The van der Waals surface area contributed by atoms with Crippen molar-refractivity contribution < 1.29 is 0 Å². The maximum atomic E-state index is 5.78. The molecule has 68 valence electrons. The highest BCUT2D eigenvalue weighted by atomic mass is 33.5. The fourth-order valence-corrected chi connectivity index (χ4v) is 4.45. The first-order chi connectivity index (χ1) is 5.43. The first kappa shape index (κ1) is 10.5. The zero-order chi connectivity index (χ0) is 9.35. The van der Waals surface area contributed by atoms with E-state index in [4.69, 9.17) is 10.9 Å². The van der Waals surface area contributed by atoms with E-state index in [1.807, 2.05) is 12.1 Å². The molecule has 2 nitrogen and oxygen atoms in total. The van der Waals surface area contributed by atoms with Crippen LogP contribution in [-0.2, 0) is 0 Å². The molecule has 6 heteroatoms. The second kappa shape index (κ2) is 3.68. The van der Waals surface area contributed by atoms with Gasteiger partial charge >= 0.3 is 0 Å². The van der Waals surface area contributed by atoms with Crippen molar-refractivity contribution in [3.05, 3.63) is 18.2 Å². The van der Waals surface area contributed by atoms with Crippen LogP contribution in [0, 0.1) is 0 Å². The largest absolute Gasteiger partial charge is 0.398 e. The maximum Gasteiger partial charge on any atom is 0.0508 e. The van der Waals surface area contributed by atoms with Crippen LogP contribution in [0.2, 0.25) is 0 Å². The number of nitrogen functional groups attached to an aromatic ring is 1. The molecule has 0 aromatic heterocycles. The van der Waals surface area contributed by atoms with Crippen molar-refractivity contribution in [3.63, 3.8) is 0 Å². The van der Waals surface area contributed by atoms with Crippen LogP contribution in [-0.4, -0.2) is 0 Å². The number of rotatable bonds is 1. The predicted molar refractivity (Wildman–Crippen MR) is 68.2 cm³/mol. The molecule has 1 aromatic carbocycles. The summed E-state index contributed by atoms with van der Waals surface area (Å²) in [6.45, 7) is 0. The zero-order valence-corrected chi connectivity index (χ0v) is 10.0. The highest BCUT2D eigenvalue weighted by Gasteiger charge is 2.16. The molecule has 1 unspecified atom stereocenters.